The fourth-order valence-electron chi connectivity index (χ4n) is 2.76. The van der Waals surface area contributed by atoms with Crippen molar-refractivity contribution in [1.29, 1.82) is 0 Å². The molecule has 0 saturated heterocycles. The molecule has 0 spiro atoms. The number of hydrogen-bond donors (Lipinski definition) is 2. The Bertz CT molecular complexity index is 562. The van der Waals surface area contributed by atoms with Gasteiger partial charge in [-0.15, -0.1) is 13.2 Å². The van der Waals surface area contributed by atoms with Crippen LogP contribution in [-0.4, -0.2) is 48.1 Å². The van der Waals surface area contributed by atoms with Crippen LogP contribution in [0.1, 0.15) is 38.1 Å². The molecule has 1 unspecified atom stereocenters. The first-order valence-corrected chi connectivity index (χ1v) is 9.33. The number of aryl methyl sites for hydroxylation is 2. The smallest absolute Gasteiger partial charge is 0.216 e. The average molecular weight is 362 g/mol. The van der Waals surface area contributed by atoms with Crippen molar-refractivity contribution in [2.45, 2.75) is 47.2 Å². The van der Waals surface area contributed by atoms with Crippen molar-refractivity contribution in [1.82, 2.24) is 20.5 Å². The second-order valence-corrected chi connectivity index (χ2v) is 6.67. The maximum absolute atomic E-state index is 5.60. The van der Waals surface area contributed by atoms with Crippen molar-refractivity contribution in [2.75, 3.05) is 26.2 Å². The molecule has 0 bridgehead atoms. The molecule has 0 aliphatic heterocycles. The molecule has 26 heavy (non-hydrogen) atoms. The summed E-state index contributed by atoms with van der Waals surface area (Å²) in [5.41, 5.74) is 0.914. The molecule has 0 aromatic carbocycles. The molecule has 0 radical (unpaired) electrons. The molecule has 0 aliphatic rings. The van der Waals surface area contributed by atoms with Gasteiger partial charge in [-0.05, 0) is 26.7 Å². The topological polar surface area (TPSA) is 65.7 Å². The third kappa shape index (κ3) is 7.04. The van der Waals surface area contributed by atoms with Gasteiger partial charge in [0.25, 0.3) is 0 Å². The summed E-state index contributed by atoms with van der Waals surface area (Å²) < 4.78 is 5.60. The number of guanidine groups is 1. The van der Waals surface area contributed by atoms with Crippen LogP contribution in [0.25, 0.3) is 0 Å². The van der Waals surface area contributed by atoms with E-state index in [2.05, 4.69) is 59.4 Å². The number of nitrogens with one attached hydrogen (secondary N) is 2. The molecule has 6 nitrogen and oxygen atoms in total. The summed E-state index contributed by atoms with van der Waals surface area (Å²) in [4.78, 5) is 11.3. The van der Waals surface area contributed by atoms with Crippen LogP contribution in [0.3, 0.4) is 0 Å². The van der Waals surface area contributed by atoms with E-state index in [4.69, 9.17) is 4.42 Å². The first kappa shape index (κ1) is 22.0. The van der Waals surface area contributed by atoms with Crippen LogP contribution in [0.5, 0.6) is 0 Å². The van der Waals surface area contributed by atoms with Crippen molar-refractivity contribution in [3.63, 3.8) is 0 Å². The molecule has 1 atom stereocenters. The van der Waals surface area contributed by atoms with Crippen LogP contribution in [0.2, 0.25) is 0 Å². The van der Waals surface area contributed by atoms with Crippen molar-refractivity contribution in [3.05, 3.63) is 42.7 Å². The summed E-state index contributed by atoms with van der Waals surface area (Å²) in [5.74, 6) is 2.74. The van der Waals surface area contributed by atoms with Crippen molar-refractivity contribution < 1.29 is 4.42 Å². The Balaban J connectivity index is 2.77. The van der Waals surface area contributed by atoms with Gasteiger partial charge in [-0.2, -0.15) is 0 Å². The lowest BCUT2D eigenvalue weighted by molar-refractivity contribution is 0.190. The summed E-state index contributed by atoms with van der Waals surface area (Å²) in [6.07, 6.45) is 3.87. The number of aromatic nitrogens is 1. The Hall–Kier alpha value is -2.08. The number of hydrogen-bond acceptors (Lipinski definition) is 4. The van der Waals surface area contributed by atoms with E-state index >= 15 is 0 Å². The highest BCUT2D eigenvalue weighted by Crippen LogP contribution is 2.11. The first-order chi connectivity index (χ1) is 12.4. The molecule has 146 valence electrons. The lowest BCUT2D eigenvalue weighted by Gasteiger charge is -2.33. The number of aliphatic imine (C=N–C) groups is 1. The number of rotatable bonds is 11. The fraction of sp³-hybridized carbons (Fsp3) is 0.600. The van der Waals surface area contributed by atoms with E-state index in [0.717, 1.165) is 43.6 Å². The van der Waals surface area contributed by atoms with Gasteiger partial charge in [0.15, 0.2) is 5.96 Å². The van der Waals surface area contributed by atoms with E-state index in [-0.39, 0.29) is 0 Å². The molecular formula is C20H35N5O. The minimum absolute atomic E-state index is 0.348. The van der Waals surface area contributed by atoms with Gasteiger partial charge in [-0.1, -0.05) is 26.0 Å². The summed E-state index contributed by atoms with van der Waals surface area (Å²) in [5, 5.41) is 6.73. The third-order valence-corrected chi connectivity index (χ3v) is 4.23. The molecule has 2 N–H and O–H groups in total. The molecule has 0 aliphatic carbocycles. The van der Waals surface area contributed by atoms with Crippen LogP contribution in [0.15, 0.2) is 34.7 Å². The highest BCUT2D eigenvalue weighted by Gasteiger charge is 2.20. The Morgan fingerprint density at radius 2 is 1.88 bits per heavy atom. The quantitative estimate of drug-likeness (QED) is 0.360. The Kier molecular flexibility index (Phi) is 9.73. The van der Waals surface area contributed by atoms with Crippen LogP contribution in [-0.2, 0) is 6.54 Å². The lowest BCUT2D eigenvalue weighted by atomic mass is 10.0. The van der Waals surface area contributed by atoms with Crippen molar-refractivity contribution in [3.8, 4) is 0 Å². The molecule has 6 heteroatoms. The summed E-state index contributed by atoms with van der Waals surface area (Å²) in [6.45, 7) is 21.8. The van der Waals surface area contributed by atoms with E-state index in [9.17, 15) is 0 Å². The van der Waals surface area contributed by atoms with Gasteiger partial charge in [-0.3, -0.25) is 4.90 Å². The normalized spacial score (nSPS) is 13.1. The Labute approximate surface area is 158 Å². The van der Waals surface area contributed by atoms with Crippen LogP contribution in [0, 0.1) is 19.8 Å². The summed E-state index contributed by atoms with van der Waals surface area (Å²) in [6, 6.07) is 0.348. The molecule has 0 saturated carbocycles. The SMILES string of the molecule is C=CCN(CC=C)C(CNC(=NCc1nc(C)c(C)o1)NCC)C(C)C. The largest absolute Gasteiger partial charge is 0.444 e. The predicted molar refractivity (Wildman–Crippen MR) is 109 cm³/mol. The van der Waals surface area contributed by atoms with Gasteiger partial charge < -0.3 is 15.1 Å². The second kappa shape index (κ2) is 11.5. The van der Waals surface area contributed by atoms with Crippen molar-refractivity contribution in [2.24, 2.45) is 10.9 Å². The molecule has 0 amide bonds. The zero-order valence-corrected chi connectivity index (χ0v) is 17.0. The van der Waals surface area contributed by atoms with E-state index in [1.807, 2.05) is 26.0 Å². The lowest BCUT2D eigenvalue weighted by Crippen LogP contribution is -2.49. The maximum atomic E-state index is 5.60. The number of oxazole rings is 1. The van der Waals surface area contributed by atoms with Gasteiger partial charge in [0.2, 0.25) is 5.89 Å². The first-order valence-electron chi connectivity index (χ1n) is 9.33. The highest BCUT2D eigenvalue weighted by atomic mass is 16.4. The van der Waals surface area contributed by atoms with E-state index in [0.29, 0.717) is 24.4 Å². The molecular weight excluding hydrogens is 326 g/mol. The van der Waals surface area contributed by atoms with Crippen LogP contribution in [0.4, 0.5) is 0 Å². The van der Waals surface area contributed by atoms with Crippen molar-refractivity contribution >= 4 is 5.96 Å². The van der Waals surface area contributed by atoms with Gasteiger partial charge in [0.05, 0.1) is 5.69 Å². The van der Waals surface area contributed by atoms with Gasteiger partial charge >= 0.3 is 0 Å². The van der Waals surface area contributed by atoms with E-state index < -0.39 is 0 Å². The molecule has 1 heterocycles. The van der Waals surface area contributed by atoms with Gasteiger partial charge in [-0.25, -0.2) is 9.98 Å². The predicted octanol–water partition coefficient (Wildman–Crippen LogP) is 3.05. The average Bonchev–Trinajstić information content (AvgIpc) is 2.91. The standard InChI is InChI=1S/C20H35N5O/c1-8-11-25(12-9-2)18(15(4)5)13-22-20(21-10-3)23-14-19-24-16(6)17(7)26-19/h8-9,15,18H,1-2,10-14H2,3-7H3,(H2,21,22,23). The van der Waals surface area contributed by atoms with Gasteiger partial charge in [0.1, 0.15) is 12.3 Å². The van der Waals surface area contributed by atoms with E-state index in [1.54, 1.807) is 0 Å². The minimum Gasteiger partial charge on any atom is -0.444 e. The molecule has 1 aromatic rings. The number of nitrogens with zero attached hydrogens (tertiary/aromatic N) is 3. The van der Waals surface area contributed by atoms with Gasteiger partial charge in [0, 0.05) is 32.2 Å². The zero-order chi connectivity index (χ0) is 19.5. The monoisotopic (exact) mass is 361 g/mol. The van der Waals surface area contributed by atoms with Crippen LogP contribution >= 0.6 is 0 Å². The fourth-order valence-corrected chi connectivity index (χ4v) is 2.76. The summed E-state index contributed by atoms with van der Waals surface area (Å²) >= 11 is 0. The molecule has 1 rings (SSSR count). The Morgan fingerprint density at radius 1 is 1.23 bits per heavy atom. The third-order valence-electron chi connectivity index (χ3n) is 4.23. The zero-order valence-electron chi connectivity index (χ0n) is 17.0. The molecule has 1 aromatic heterocycles. The highest BCUT2D eigenvalue weighted by molar-refractivity contribution is 5.79. The second-order valence-electron chi connectivity index (χ2n) is 6.67. The maximum Gasteiger partial charge on any atom is 0.216 e. The van der Waals surface area contributed by atoms with Crippen LogP contribution < -0.4 is 10.6 Å². The minimum atomic E-state index is 0.348. The summed E-state index contributed by atoms with van der Waals surface area (Å²) in [7, 11) is 0. The van der Waals surface area contributed by atoms with E-state index in [1.165, 1.54) is 0 Å². The Morgan fingerprint density at radius 3 is 2.35 bits per heavy atom. The molecule has 0 fully saturated rings.